The van der Waals surface area contributed by atoms with E-state index in [1.165, 1.54) is 46.1 Å². The Balaban J connectivity index is 1.35. The molecular formula is C33H39NO10S. The third-order valence-electron chi connectivity index (χ3n) is 7.80. The summed E-state index contributed by atoms with van der Waals surface area (Å²) in [6, 6.07) is 9.06. The number of thiophene rings is 1. The highest BCUT2D eigenvalue weighted by molar-refractivity contribution is 7.20. The Morgan fingerprint density at radius 1 is 0.756 bits per heavy atom. The molecule has 0 bridgehead atoms. The second kappa shape index (κ2) is 13.4. The minimum atomic E-state index is -1.16. The summed E-state index contributed by atoms with van der Waals surface area (Å²) in [6.07, 6.45) is 0.339. The van der Waals surface area contributed by atoms with Crippen LogP contribution < -0.4 is 18.9 Å². The predicted octanol–water partition coefficient (Wildman–Crippen LogP) is 5.79. The van der Waals surface area contributed by atoms with Crippen molar-refractivity contribution < 1.29 is 48.3 Å². The van der Waals surface area contributed by atoms with E-state index in [1.54, 1.807) is 30.2 Å². The third-order valence-corrected chi connectivity index (χ3v) is 8.93. The summed E-state index contributed by atoms with van der Waals surface area (Å²) in [4.78, 5) is 50.6. The predicted molar refractivity (Wildman–Crippen MR) is 168 cm³/mol. The van der Waals surface area contributed by atoms with E-state index in [-0.39, 0.29) is 24.5 Å². The van der Waals surface area contributed by atoms with Crippen molar-refractivity contribution >= 4 is 45.1 Å². The topological polar surface area (TPSA) is 149 Å². The molecule has 0 unspecified atom stereocenters. The Morgan fingerprint density at radius 3 is 1.82 bits per heavy atom. The summed E-state index contributed by atoms with van der Waals surface area (Å²) < 4.78 is 23.9. The van der Waals surface area contributed by atoms with Crippen LogP contribution in [0.4, 0.5) is 0 Å². The summed E-state index contributed by atoms with van der Waals surface area (Å²) >= 11 is 1.29. The molecule has 1 aliphatic heterocycles. The van der Waals surface area contributed by atoms with Gasteiger partial charge >= 0.3 is 11.9 Å². The fourth-order valence-corrected chi connectivity index (χ4v) is 5.87. The van der Waals surface area contributed by atoms with E-state index < -0.39 is 22.8 Å². The molecule has 1 amide bonds. The fourth-order valence-electron chi connectivity index (χ4n) is 4.86. The van der Waals surface area contributed by atoms with Gasteiger partial charge < -0.3 is 34.1 Å². The molecule has 2 N–H and O–H groups in total. The van der Waals surface area contributed by atoms with E-state index in [1.807, 2.05) is 12.1 Å². The second-order valence-electron chi connectivity index (χ2n) is 12.4. The molecule has 2 heterocycles. The average Bonchev–Trinajstić information content (AvgIpc) is 3.59. The van der Waals surface area contributed by atoms with Gasteiger partial charge in [-0.3, -0.25) is 19.2 Å². The largest absolute Gasteiger partial charge is 0.493 e. The van der Waals surface area contributed by atoms with E-state index in [0.29, 0.717) is 60.6 Å². The molecule has 1 aromatic heterocycles. The first-order chi connectivity index (χ1) is 21.1. The van der Waals surface area contributed by atoms with Gasteiger partial charge in [0.05, 0.1) is 43.1 Å². The van der Waals surface area contributed by atoms with E-state index in [0.717, 1.165) is 21.2 Å². The van der Waals surface area contributed by atoms with Gasteiger partial charge in [0.25, 0.3) is 0 Å². The fraction of sp³-hybridized carbons (Fsp3) is 0.455. The number of amides is 1. The number of benzene rings is 2. The zero-order chi connectivity index (χ0) is 33.1. The molecule has 0 radical (unpaired) electrons. The summed E-state index contributed by atoms with van der Waals surface area (Å²) in [5.74, 6) is -0.387. The van der Waals surface area contributed by atoms with Crippen LogP contribution in [-0.4, -0.2) is 66.2 Å². The average molecular weight is 642 g/mol. The van der Waals surface area contributed by atoms with Gasteiger partial charge in [-0.05, 0) is 68.5 Å². The van der Waals surface area contributed by atoms with Gasteiger partial charge in [-0.25, -0.2) is 0 Å². The van der Waals surface area contributed by atoms with Gasteiger partial charge in [0.1, 0.15) is 0 Å². The van der Waals surface area contributed by atoms with Crippen molar-refractivity contribution in [3.8, 4) is 23.0 Å². The standard InChI is InChI=1S/C33H39NO10S/c1-32(2,30(37)38)15-22(35)28-13-19-10-25(24(42-6)14-27(19)45-28)43-8-7-9-44-26-12-21-18-34(17-20(21)11-23(26)41-5)29(36)16-33(3,4)31(39)40/h10-14H,7-9,15-18H2,1-6H3,(H,37,38)(H,39,40). The quantitative estimate of drug-likeness (QED) is 0.154. The lowest BCUT2D eigenvalue weighted by atomic mass is 9.87. The Hall–Kier alpha value is -4.32. The van der Waals surface area contributed by atoms with Crippen LogP contribution in [0.2, 0.25) is 0 Å². The molecular weight excluding hydrogens is 602 g/mol. The van der Waals surface area contributed by atoms with Crippen molar-refractivity contribution in [2.24, 2.45) is 10.8 Å². The number of rotatable bonds is 15. The van der Waals surface area contributed by atoms with E-state index in [9.17, 15) is 29.4 Å². The Labute approximate surface area is 265 Å². The van der Waals surface area contributed by atoms with Crippen molar-refractivity contribution in [2.75, 3.05) is 27.4 Å². The zero-order valence-corrected chi connectivity index (χ0v) is 27.2. The first-order valence-electron chi connectivity index (χ1n) is 14.5. The number of methoxy groups -OCH3 is 2. The minimum Gasteiger partial charge on any atom is -0.493 e. The number of carboxylic acids is 2. The highest BCUT2D eigenvalue weighted by atomic mass is 32.1. The molecule has 0 saturated heterocycles. The number of carbonyl (C=O) groups excluding carboxylic acids is 2. The molecule has 12 heteroatoms. The van der Waals surface area contributed by atoms with Gasteiger partial charge in [0.15, 0.2) is 28.8 Å². The maximum atomic E-state index is 12.8. The van der Waals surface area contributed by atoms with E-state index >= 15 is 0 Å². The lowest BCUT2D eigenvalue weighted by Gasteiger charge is -2.22. The smallest absolute Gasteiger partial charge is 0.309 e. The van der Waals surface area contributed by atoms with Gasteiger partial charge in [0, 0.05) is 43.1 Å². The monoisotopic (exact) mass is 641 g/mol. The number of carboxylic acid groups (broad SMARTS) is 2. The number of nitrogens with zero attached hydrogens (tertiary/aromatic N) is 1. The van der Waals surface area contributed by atoms with Gasteiger partial charge in [0.2, 0.25) is 5.91 Å². The SMILES string of the molecule is COc1cc2c(cc1OCCCOc1cc3cc(C(=O)CC(C)(C)C(=O)O)sc3cc1OC)CN(C(=O)CC(C)(C)C(=O)O)C2. The number of carbonyl (C=O) groups is 4. The summed E-state index contributed by atoms with van der Waals surface area (Å²) in [6.45, 7) is 7.52. The summed E-state index contributed by atoms with van der Waals surface area (Å²) in [5, 5.41) is 19.6. The number of hydrogen-bond donors (Lipinski definition) is 2. The number of ketones is 1. The highest BCUT2D eigenvalue weighted by Gasteiger charge is 2.34. The molecule has 11 nitrogen and oxygen atoms in total. The van der Waals surface area contributed by atoms with Crippen molar-refractivity contribution in [1.82, 2.24) is 4.90 Å². The molecule has 1 aliphatic rings. The summed E-state index contributed by atoms with van der Waals surface area (Å²) in [5.41, 5.74) is -0.468. The number of fused-ring (bicyclic) bond motifs is 2. The first kappa shape index (κ1) is 33.6. The second-order valence-corrected chi connectivity index (χ2v) is 13.5. The Morgan fingerprint density at radius 2 is 1.27 bits per heavy atom. The lowest BCUT2D eigenvalue weighted by molar-refractivity contribution is -0.151. The van der Waals surface area contributed by atoms with Gasteiger partial charge in [-0.1, -0.05) is 0 Å². The lowest BCUT2D eigenvalue weighted by Crippen LogP contribution is -2.34. The van der Waals surface area contributed by atoms with E-state index in [2.05, 4.69) is 0 Å². The normalized spacial score (nSPS) is 13.0. The van der Waals surface area contributed by atoms with Crippen molar-refractivity contribution in [2.45, 2.75) is 60.0 Å². The maximum absolute atomic E-state index is 12.8. The van der Waals surface area contributed by atoms with Crippen molar-refractivity contribution in [1.29, 1.82) is 0 Å². The molecule has 45 heavy (non-hydrogen) atoms. The van der Waals surface area contributed by atoms with Crippen LogP contribution in [0.25, 0.3) is 10.1 Å². The van der Waals surface area contributed by atoms with E-state index in [4.69, 9.17) is 18.9 Å². The van der Waals surface area contributed by atoms with Crippen LogP contribution in [-0.2, 0) is 27.5 Å². The molecule has 3 aromatic rings. The zero-order valence-electron chi connectivity index (χ0n) is 26.4. The number of ether oxygens (including phenoxy) is 4. The van der Waals surface area contributed by atoms with Crippen LogP contribution in [0.1, 0.15) is 67.8 Å². The third kappa shape index (κ3) is 7.67. The molecule has 0 atom stereocenters. The maximum Gasteiger partial charge on any atom is 0.309 e. The van der Waals surface area contributed by atoms with Gasteiger partial charge in [-0.2, -0.15) is 0 Å². The van der Waals surface area contributed by atoms with Crippen LogP contribution in [0.15, 0.2) is 30.3 Å². The molecule has 0 fully saturated rings. The van der Waals surface area contributed by atoms with Crippen LogP contribution in [0.3, 0.4) is 0 Å². The van der Waals surface area contributed by atoms with Crippen molar-refractivity contribution in [3.05, 3.63) is 46.3 Å². The van der Waals surface area contributed by atoms with Crippen molar-refractivity contribution in [3.63, 3.8) is 0 Å². The number of Topliss-reactive ketones (excluding diaryl/α,β-unsaturated/α-hetero) is 1. The number of hydrogen-bond acceptors (Lipinski definition) is 9. The molecule has 242 valence electrons. The van der Waals surface area contributed by atoms with Gasteiger partial charge in [-0.15, -0.1) is 11.3 Å². The highest BCUT2D eigenvalue weighted by Crippen LogP contribution is 2.39. The molecule has 0 saturated carbocycles. The molecule has 0 aliphatic carbocycles. The first-order valence-corrected chi connectivity index (χ1v) is 15.3. The van der Waals surface area contributed by atoms with Crippen LogP contribution in [0.5, 0.6) is 23.0 Å². The molecule has 0 spiro atoms. The minimum absolute atomic E-state index is 0.0919. The number of aliphatic carboxylic acids is 2. The van der Waals surface area contributed by atoms with Crippen LogP contribution >= 0.6 is 11.3 Å². The Kier molecular flexibility index (Phi) is 9.96. The molecule has 2 aromatic carbocycles. The summed E-state index contributed by atoms with van der Waals surface area (Å²) in [7, 11) is 3.08. The molecule has 4 rings (SSSR count). The Bertz CT molecular complexity index is 1620. The van der Waals surface area contributed by atoms with Crippen LogP contribution in [0, 0.1) is 10.8 Å².